The molecular formula is C21H29N3O2. The predicted octanol–water partition coefficient (Wildman–Crippen LogP) is 3.55. The molecule has 1 aromatic carbocycles. The molecule has 1 N–H and O–H groups in total. The lowest BCUT2D eigenvalue weighted by molar-refractivity contribution is 0.0948. The van der Waals surface area contributed by atoms with Gasteiger partial charge in [-0.05, 0) is 57.9 Å². The molecule has 5 nitrogen and oxygen atoms in total. The van der Waals surface area contributed by atoms with Gasteiger partial charge in [0.25, 0.3) is 5.91 Å². The van der Waals surface area contributed by atoms with Crippen LogP contribution in [0.25, 0.3) is 10.9 Å². The number of piperidine rings is 1. The van der Waals surface area contributed by atoms with Crippen LogP contribution in [-0.4, -0.2) is 48.6 Å². The number of methoxy groups -OCH3 is 1. The number of amides is 1. The van der Waals surface area contributed by atoms with E-state index in [0.717, 1.165) is 35.3 Å². The Balaban J connectivity index is 1.58. The quantitative estimate of drug-likeness (QED) is 0.805. The van der Waals surface area contributed by atoms with Crippen molar-refractivity contribution < 1.29 is 9.53 Å². The summed E-state index contributed by atoms with van der Waals surface area (Å²) in [7, 11) is 1.64. The van der Waals surface area contributed by atoms with E-state index in [9.17, 15) is 4.79 Å². The Morgan fingerprint density at radius 1 is 1.35 bits per heavy atom. The van der Waals surface area contributed by atoms with Gasteiger partial charge in [-0.15, -0.1) is 0 Å². The minimum Gasteiger partial charge on any atom is -0.497 e. The smallest absolute Gasteiger partial charge is 0.253 e. The van der Waals surface area contributed by atoms with Crippen LogP contribution in [0.3, 0.4) is 0 Å². The van der Waals surface area contributed by atoms with Gasteiger partial charge in [-0.25, -0.2) is 0 Å². The van der Waals surface area contributed by atoms with E-state index in [4.69, 9.17) is 4.74 Å². The summed E-state index contributed by atoms with van der Waals surface area (Å²) in [6, 6.07) is 8.31. The molecule has 0 spiro atoms. The number of rotatable bonds is 6. The van der Waals surface area contributed by atoms with Crippen LogP contribution in [0.15, 0.2) is 24.3 Å². The summed E-state index contributed by atoms with van der Waals surface area (Å²) in [6.45, 7) is 7.12. The number of likely N-dealkylation sites (tertiary alicyclic amines) is 1. The van der Waals surface area contributed by atoms with Crippen molar-refractivity contribution in [2.45, 2.75) is 45.6 Å². The molecule has 5 heteroatoms. The fraction of sp³-hybridized carbons (Fsp3) is 0.524. The van der Waals surface area contributed by atoms with E-state index in [-0.39, 0.29) is 5.91 Å². The third kappa shape index (κ3) is 4.33. The molecule has 0 radical (unpaired) electrons. The van der Waals surface area contributed by atoms with Gasteiger partial charge in [-0.2, -0.15) is 0 Å². The molecular weight excluding hydrogens is 326 g/mol. The maximum atomic E-state index is 12.6. The maximum absolute atomic E-state index is 12.6. The van der Waals surface area contributed by atoms with Crippen LogP contribution < -0.4 is 10.1 Å². The van der Waals surface area contributed by atoms with E-state index in [2.05, 4.69) is 22.1 Å². The second kappa shape index (κ2) is 8.49. The Kier molecular flexibility index (Phi) is 6.09. The van der Waals surface area contributed by atoms with Crippen molar-refractivity contribution in [2.75, 3.05) is 26.7 Å². The number of hydrogen-bond acceptors (Lipinski definition) is 4. The van der Waals surface area contributed by atoms with Gasteiger partial charge in [-0.3, -0.25) is 9.78 Å². The number of hydrogen-bond donors (Lipinski definition) is 1. The number of aryl methyl sites for hydroxylation is 1. The fourth-order valence-electron chi connectivity index (χ4n) is 3.67. The fourth-order valence-corrected chi connectivity index (χ4v) is 3.67. The topological polar surface area (TPSA) is 54.5 Å². The average Bonchev–Trinajstić information content (AvgIpc) is 2.65. The van der Waals surface area contributed by atoms with Crippen LogP contribution in [-0.2, 0) is 0 Å². The lowest BCUT2D eigenvalue weighted by Gasteiger charge is -2.33. The Labute approximate surface area is 155 Å². The summed E-state index contributed by atoms with van der Waals surface area (Å²) in [5.41, 5.74) is 2.24. The van der Waals surface area contributed by atoms with E-state index in [1.54, 1.807) is 7.11 Å². The van der Waals surface area contributed by atoms with E-state index < -0.39 is 0 Å². The molecule has 2 aromatic rings. The number of nitrogens with one attached hydrogen (secondary N) is 1. The highest BCUT2D eigenvalue weighted by Gasteiger charge is 2.17. The Morgan fingerprint density at radius 2 is 2.19 bits per heavy atom. The van der Waals surface area contributed by atoms with Crippen LogP contribution in [0.4, 0.5) is 0 Å². The highest BCUT2D eigenvalue weighted by Crippen LogP contribution is 2.21. The highest BCUT2D eigenvalue weighted by atomic mass is 16.5. The molecule has 140 valence electrons. The predicted molar refractivity (Wildman–Crippen MR) is 105 cm³/mol. The number of carbonyl (C=O) groups is 1. The molecule has 1 aliphatic heterocycles. The molecule has 1 unspecified atom stereocenters. The molecule has 0 saturated carbocycles. The van der Waals surface area contributed by atoms with Gasteiger partial charge in [0.2, 0.25) is 0 Å². The molecule has 1 atom stereocenters. The minimum absolute atomic E-state index is 0.0422. The van der Waals surface area contributed by atoms with Crippen molar-refractivity contribution in [1.29, 1.82) is 0 Å². The maximum Gasteiger partial charge on any atom is 0.253 e. The van der Waals surface area contributed by atoms with Gasteiger partial charge >= 0.3 is 0 Å². The van der Waals surface area contributed by atoms with Crippen LogP contribution in [0.5, 0.6) is 5.75 Å². The molecule has 1 saturated heterocycles. The van der Waals surface area contributed by atoms with Gasteiger partial charge in [0.15, 0.2) is 0 Å². The summed E-state index contributed by atoms with van der Waals surface area (Å²) in [5.74, 6) is 0.730. The summed E-state index contributed by atoms with van der Waals surface area (Å²) in [5, 5.41) is 4.00. The van der Waals surface area contributed by atoms with Gasteiger partial charge in [0.05, 0.1) is 23.9 Å². The lowest BCUT2D eigenvalue weighted by atomic mass is 10.0. The average molecular weight is 355 g/mol. The van der Waals surface area contributed by atoms with Gasteiger partial charge < -0.3 is 15.0 Å². The highest BCUT2D eigenvalue weighted by molar-refractivity contribution is 5.98. The van der Waals surface area contributed by atoms with Crippen LogP contribution in [0.1, 0.15) is 48.7 Å². The molecule has 26 heavy (non-hydrogen) atoms. The molecule has 0 bridgehead atoms. The molecule has 1 aromatic heterocycles. The van der Waals surface area contributed by atoms with Crippen LogP contribution in [0, 0.1) is 6.92 Å². The molecule has 3 rings (SSSR count). The second-order valence-corrected chi connectivity index (χ2v) is 7.17. The van der Waals surface area contributed by atoms with Gasteiger partial charge in [-0.1, -0.05) is 6.42 Å². The SMILES string of the molecule is COc1ccc2cc(C(=O)NCCCN3CCCCC3C)c(C)nc2c1. The molecule has 2 heterocycles. The van der Waals surface area contributed by atoms with Crippen molar-refractivity contribution in [2.24, 2.45) is 0 Å². The second-order valence-electron chi connectivity index (χ2n) is 7.17. The van der Waals surface area contributed by atoms with Crippen molar-refractivity contribution in [3.63, 3.8) is 0 Å². The number of pyridine rings is 1. The van der Waals surface area contributed by atoms with E-state index in [1.165, 1.54) is 25.8 Å². The third-order valence-corrected chi connectivity index (χ3v) is 5.31. The van der Waals surface area contributed by atoms with Crippen LogP contribution >= 0.6 is 0 Å². The summed E-state index contributed by atoms with van der Waals surface area (Å²) < 4.78 is 5.24. The summed E-state index contributed by atoms with van der Waals surface area (Å²) in [6.07, 6.45) is 4.91. The number of nitrogens with zero attached hydrogens (tertiary/aromatic N) is 2. The van der Waals surface area contributed by atoms with Crippen molar-refractivity contribution >= 4 is 16.8 Å². The number of carbonyl (C=O) groups excluding carboxylic acids is 1. The van der Waals surface area contributed by atoms with Gasteiger partial charge in [0, 0.05) is 30.6 Å². The largest absolute Gasteiger partial charge is 0.497 e. The monoisotopic (exact) mass is 355 g/mol. The van der Waals surface area contributed by atoms with E-state index in [1.807, 2.05) is 31.2 Å². The molecule has 1 aliphatic rings. The first-order chi connectivity index (χ1) is 12.6. The molecule has 1 amide bonds. The normalized spacial score (nSPS) is 18.0. The third-order valence-electron chi connectivity index (χ3n) is 5.31. The Morgan fingerprint density at radius 3 is 2.96 bits per heavy atom. The lowest BCUT2D eigenvalue weighted by Crippen LogP contribution is -2.39. The van der Waals surface area contributed by atoms with E-state index in [0.29, 0.717) is 18.2 Å². The first-order valence-electron chi connectivity index (χ1n) is 9.56. The molecule has 1 fully saturated rings. The van der Waals surface area contributed by atoms with Crippen LogP contribution in [0.2, 0.25) is 0 Å². The van der Waals surface area contributed by atoms with E-state index >= 15 is 0 Å². The minimum atomic E-state index is -0.0422. The van der Waals surface area contributed by atoms with Crippen molar-refractivity contribution in [3.05, 3.63) is 35.5 Å². The number of fused-ring (bicyclic) bond motifs is 1. The number of ether oxygens (including phenoxy) is 1. The number of benzene rings is 1. The zero-order valence-corrected chi connectivity index (χ0v) is 16.0. The number of aromatic nitrogens is 1. The first kappa shape index (κ1) is 18.6. The molecule has 0 aliphatic carbocycles. The first-order valence-corrected chi connectivity index (χ1v) is 9.56. The zero-order chi connectivity index (χ0) is 18.5. The Hall–Kier alpha value is -2.14. The summed E-state index contributed by atoms with van der Waals surface area (Å²) in [4.78, 5) is 19.7. The zero-order valence-electron chi connectivity index (χ0n) is 16.0. The van der Waals surface area contributed by atoms with Crippen molar-refractivity contribution in [3.8, 4) is 5.75 Å². The Bertz CT molecular complexity index is 775. The summed E-state index contributed by atoms with van der Waals surface area (Å²) >= 11 is 0. The van der Waals surface area contributed by atoms with Crippen molar-refractivity contribution in [1.82, 2.24) is 15.2 Å². The standard InChI is InChI=1S/C21H29N3O2/c1-15-7-4-5-11-24(15)12-6-10-22-21(25)19-13-17-8-9-18(26-3)14-20(17)23-16(19)2/h8-9,13-15H,4-7,10-12H2,1-3H3,(H,22,25). The van der Waals surface area contributed by atoms with Gasteiger partial charge in [0.1, 0.15) is 5.75 Å².